The highest BCUT2D eigenvalue weighted by molar-refractivity contribution is 5.92. The van der Waals surface area contributed by atoms with Gasteiger partial charge in [-0.1, -0.05) is 11.6 Å². The number of hydrogen-bond acceptors (Lipinski definition) is 5. The summed E-state index contributed by atoms with van der Waals surface area (Å²) in [4.78, 5) is 25.1. The minimum absolute atomic E-state index is 0.0118. The van der Waals surface area contributed by atoms with Crippen molar-refractivity contribution in [2.45, 2.75) is 52.0 Å². The van der Waals surface area contributed by atoms with Crippen LogP contribution in [-0.4, -0.2) is 69.6 Å². The molecule has 1 amide bonds. The van der Waals surface area contributed by atoms with Gasteiger partial charge in [-0.3, -0.25) is 14.7 Å². The number of amides is 1. The molecule has 0 spiro atoms. The Morgan fingerprint density at radius 3 is 2.70 bits per heavy atom. The highest BCUT2D eigenvalue weighted by atomic mass is 16.3. The van der Waals surface area contributed by atoms with Gasteiger partial charge in [-0.2, -0.15) is 0 Å². The average Bonchev–Trinajstić information content (AvgIpc) is 2.72. The maximum Gasteiger partial charge on any atom is 0.274 e. The van der Waals surface area contributed by atoms with Gasteiger partial charge < -0.3 is 10.0 Å². The second-order valence-electron chi connectivity index (χ2n) is 8.33. The molecule has 1 aromatic heterocycles. The minimum atomic E-state index is -0.0199. The molecule has 6 nitrogen and oxygen atoms in total. The summed E-state index contributed by atoms with van der Waals surface area (Å²) in [6, 6.07) is 0.494. The lowest BCUT2D eigenvalue weighted by Crippen LogP contribution is -2.53. The van der Waals surface area contributed by atoms with Crippen LogP contribution in [0.15, 0.2) is 30.2 Å². The molecule has 27 heavy (non-hydrogen) atoms. The number of allylic oxidation sites excluding steroid dienone is 2. The van der Waals surface area contributed by atoms with E-state index >= 15 is 0 Å². The predicted octanol–water partition coefficient (Wildman–Crippen LogP) is 2.51. The zero-order chi connectivity index (χ0) is 19.3. The van der Waals surface area contributed by atoms with Crippen LogP contribution in [0.3, 0.4) is 0 Å². The summed E-state index contributed by atoms with van der Waals surface area (Å²) < 4.78 is 0. The average molecular weight is 373 g/mol. The van der Waals surface area contributed by atoms with Crippen LogP contribution in [0.25, 0.3) is 0 Å². The molecule has 148 valence electrons. The van der Waals surface area contributed by atoms with Crippen molar-refractivity contribution in [2.75, 3.05) is 32.8 Å². The van der Waals surface area contributed by atoms with E-state index in [2.05, 4.69) is 34.8 Å². The van der Waals surface area contributed by atoms with Gasteiger partial charge in [-0.05, 0) is 52.5 Å². The first-order chi connectivity index (χ1) is 13.0. The molecule has 6 heteroatoms. The van der Waals surface area contributed by atoms with E-state index < -0.39 is 0 Å². The molecular formula is C21H32N4O2. The summed E-state index contributed by atoms with van der Waals surface area (Å²) in [6.07, 6.45) is 12.1. The number of nitrogens with zero attached hydrogens (tertiary/aromatic N) is 4. The van der Waals surface area contributed by atoms with Gasteiger partial charge in [0, 0.05) is 43.5 Å². The Balaban J connectivity index is 1.57. The van der Waals surface area contributed by atoms with E-state index in [1.54, 1.807) is 12.4 Å². The van der Waals surface area contributed by atoms with Crippen LogP contribution in [0.1, 0.15) is 56.4 Å². The fourth-order valence-corrected chi connectivity index (χ4v) is 4.34. The molecule has 2 fully saturated rings. The first-order valence-electron chi connectivity index (χ1n) is 10.1. The summed E-state index contributed by atoms with van der Waals surface area (Å²) in [5.74, 6) is -0.0199. The van der Waals surface area contributed by atoms with Gasteiger partial charge in [0.25, 0.3) is 5.91 Å². The van der Waals surface area contributed by atoms with Crippen LogP contribution in [0, 0.1) is 5.41 Å². The zero-order valence-electron chi connectivity index (χ0n) is 16.6. The van der Waals surface area contributed by atoms with Gasteiger partial charge in [0.2, 0.25) is 0 Å². The molecule has 0 radical (unpaired) electrons. The number of aromatic nitrogens is 2. The van der Waals surface area contributed by atoms with E-state index in [-0.39, 0.29) is 17.9 Å². The second-order valence-corrected chi connectivity index (χ2v) is 8.33. The lowest BCUT2D eigenvalue weighted by atomic mass is 9.76. The number of aliphatic hydroxyl groups is 1. The third-order valence-electron chi connectivity index (χ3n) is 6.02. The summed E-state index contributed by atoms with van der Waals surface area (Å²) in [6.45, 7) is 8.06. The summed E-state index contributed by atoms with van der Waals surface area (Å²) in [5, 5.41) is 10.1. The SMILES string of the molecule is CC(C)=CC[C@@]1(CO)CCCN(C2CCN(C(=O)c3cnccn3)CC2)C1. The van der Waals surface area contributed by atoms with Gasteiger partial charge in [0.15, 0.2) is 0 Å². The van der Waals surface area contributed by atoms with E-state index in [4.69, 9.17) is 0 Å². The summed E-state index contributed by atoms with van der Waals surface area (Å²) in [5.41, 5.74) is 1.73. The number of piperidine rings is 2. The third-order valence-corrected chi connectivity index (χ3v) is 6.02. The fourth-order valence-electron chi connectivity index (χ4n) is 4.34. The number of likely N-dealkylation sites (tertiary alicyclic amines) is 2. The topological polar surface area (TPSA) is 69.6 Å². The van der Waals surface area contributed by atoms with E-state index in [1.807, 2.05) is 4.90 Å². The molecule has 2 aliphatic heterocycles. The minimum Gasteiger partial charge on any atom is -0.396 e. The molecule has 2 saturated heterocycles. The Hall–Kier alpha value is -1.79. The number of rotatable bonds is 5. The molecule has 0 aliphatic carbocycles. The molecule has 1 N–H and O–H groups in total. The van der Waals surface area contributed by atoms with Gasteiger partial charge in [-0.25, -0.2) is 4.98 Å². The third kappa shape index (κ3) is 4.93. The van der Waals surface area contributed by atoms with Crippen molar-refractivity contribution in [3.05, 3.63) is 35.9 Å². The Morgan fingerprint density at radius 2 is 2.07 bits per heavy atom. The van der Waals surface area contributed by atoms with Crippen LogP contribution in [0.4, 0.5) is 0 Å². The maximum atomic E-state index is 12.6. The van der Waals surface area contributed by atoms with E-state index in [9.17, 15) is 9.90 Å². The molecule has 0 saturated carbocycles. The van der Waals surface area contributed by atoms with Crippen LogP contribution in [-0.2, 0) is 0 Å². The molecule has 0 unspecified atom stereocenters. The Bertz CT molecular complexity index is 651. The highest BCUT2D eigenvalue weighted by Crippen LogP contribution is 2.36. The van der Waals surface area contributed by atoms with Gasteiger partial charge in [0.1, 0.15) is 5.69 Å². The smallest absolute Gasteiger partial charge is 0.274 e. The monoisotopic (exact) mass is 372 g/mol. The highest BCUT2D eigenvalue weighted by Gasteiger charge is 2.37. The van der Waals surface area contributed by atoms with Crippen LogP contribution in [0.2, 0.25) is 0 Å². The molecule has 3 rings (SSSR count). The maximum absolute atomic E-state index is 12.6. The standard InChI is InChI=1S/C21H32N4O2/c1-17(2)4-8-21(16-26)7-3-11-25(15-21)18-5-12-24(13-6-18)20(27)19-14-22-9-10-23-19/h4,9-10,14,18,26H,3,5-8,11-13,15-16H2,1-2H3/t21-/m0/s1. The van der Waals surface area contributed by atoms with Crippen LogP contribution in [0.5, 0.6) is 0 Å². The number of carbonyl (C=O) groups is 1. The molecule has 0 aromatic carbocycles. The largest absolute Gasteiger partial charge is 0.396 e. The van der Waals surface area contributed by atoms with Crippen molar-refractivity contribution in [1.82, 2.24) is 19.8 Å². The van der Waals surface area contributed by atoms with E-state index in [0.717, 1.165) is 58.3 Å². The second kappa shape index (κ2) is 8.93. The number of hydrogen-bond donors (Lipinski definition) is 1. The van der Waals surface area contributed by atoms with Crippen molar-refractivity contribution >= 4 is 5.91 Å². The normalized spacial score (nSPS) is 24.6. The molecule has 2 aliphatic rings. The predicted molar refractivity (Wildman–Crippen MR) is 105 cm³/mol. The molecule has 1 atom stereocenters. The van der Waals surface area contributed by atoms with Crippen LogP contribution >= 0.6 is 0 Å². The molecule has 1 aromatic rings. The van der Waals surface area contributed by atoms with Crippen molar-refractivity contribution in [3.63, 3.8) is 0 Å². The van der Waals surface area contributed by atoms with Crippen molar-refractivity contribution < 1.29 is 9.90 Å². The molecule has 0 bridgehead atoms. The summed E-state index contributed by atoms with van der Waals surface area (Å²) in [7, 11) is 0. The lowest BCUT2D eigenvalue weighted by molar-refractivity contribution is -0.000609. The molecule has 3 heterocycles. The van der Waals surface area contributed by atoms with Crippen molar-refractivity contribution in [1.29, 1.82) is 0 Å². The number of carbonyl (C=O) groups excluding carboxylic acids is 1. The van der Waals surface area contributed by atoms with E-state index in [1.165, 1.54) is 11.8 Å². The summed E-state index contributed by atoms with van der Waals surface area (Å²) >= 11 is 0. The van der Waals surface area contributed by atoms with Gasteiger partial charge >= 0.3 is 0 Å². The fraction of sp³-hybridized carbons (Fsp3) is 0.667. The quantitative estimate of drug-likeness (QED) is 0.805. The van der Waals surface area contributed by atoms with Gasteiger partial charge in [-0.15, -0.1) is 0 Å². The lowest BCUT2D eigenvalue weighted by Gasteiger charge is -2.47. The Morgan fingerprint density at radius 1 is 1.30 bits per heavy atom. The first-order valence-corrected chi connectivity index (χ1v) is 10.1. The van der Waals surface area contributed by atoms with E-state index in [0.29, 0.717) is 11.7 Å². The first kappa shape index (κ1) is 20.0. The van der Waals surface area contributed by atoms with Gasteiger partial charge in [0.05, 0.1) is 12.8 Å². The Kier molecular flexibility index (Phi) is 6.60. The van der Waals surface area contributed by atoms with Crippen LogP contribution < -0.4 is 0 Å². The molecular weight excluding hydrogens is 340 g/mol. The zero-order valence-corrected chi connectivity index (χ0v) is 16.6. The van der Waals surface area contributed by atoms with Crippen molar-refractivity contribution in [2.24, 2.45) is 5.41 Å². The Labute approximate surface area is 162 Å². The van der Waals surface area contributed by atoms with Crippen molar-refractivity contribution in [3.8, 4) is 0 Å². The number of aliphatic hydroxyl groups excluding tert-OH is 1.